The molecule has 0 radical (unpaired) electrons. The van der Waals surface area contributed by atoms with Crippen molar-refractivity contribution in [3.63, 3.8) is 0 Å². The Morgan fingerprint density at radius 3 is 2.76 bits per heavy atom. The van der Waals surface area contributed by atoms with Crippen molar-refractivity contribution in [2.75, 3.05) is 37.7 Å². The van der Waals surface area contributed by atoms with Crippen LogP contribution in [0.3, 0.4) is 0 Å². The Bertz CT molecular complexity index is 355. The zero-order valence-electron chi connectivity index (χ0n) is 10.1. The molecule has 0 aliphatic carbocycles. The summed E-state index contributed by atoms with van der Waals surface area (Å²) in [5.74, 6) is -0.674. The molecule has 1 heterocycles. The van der Waals surface area contributed by atoms with Gasteiger partial charge in [0.15, 0.2) is 9.84 Å². The SMILES string of the molecule is CCCS(=O)(=O)CCN1CCNCC1C(=O)O. The highest BCUT2D eigenvalue weighted by Gasteiger charge is 2.28. The maximum atomic E-state index is 11.6. The van der Waals surface area contributed by atoms with Crippen LogP contribution < -0.4 is 5.32 Å². The zero-order valence-corrected chi connectivity index (χ0v) is 10.9. The van der Waals surface area contributed by atoms with Gasteiger partial charge in [0.25, 0.3) is 0 Å². The predicted molar refractivity (Wildman–Crippen MR) is 64.8 cm³/mol. The molecule has 1 atom stereocenters. The van der Waals surface area contributed by atoms with Gasteiger partial charge in [-0.3, -0.25) is 9.69 Å². The molecular weight excluding hydrogens is 244 g/mol. The van der Waals surface area contributed by atoms with Gasteiger partial charge in [-0.25, -0.2) is 8.42 Å². The molecule has 0 saturated carbocycles. The third-order valence-corrected chi connectivity index (χ3v) is 4.68. The highest BCUT2D eigenvalue weighted by atomic mass is 32.2. The molecular formula is C10H20N2O4S. The van der Waals surface area contributed by atoms with E-state index >= 15 is 0 Å². The number of carbonyl (C=O) groups is 1. The maximum absolute atomic E-state index is 11.6. The Labute approximate surface area is 102 Å². The number of hydrogen-bond acceptors (Lipinski definition) is 5. The van der Waals surface area contributed by atoms with Crippen molar-refractivity contribution in [1.82, 2.24) is 10.2 Å². The summed E-state index contributed by atoms with van der Waals surface area (Å²) in [4.78, 5) is 12.7. The van der Waals surface area contributed by atoms with Crippen LogP contribution in [0.25, 0.3) is 0 Å². The van der Waals surface area contributed by atoms with Gasteiger partial charge in [-0.2, -0.15) is 0 Å². The monoisotopic (exact) mass is 264 g/mol. The van der Waals surface area contributed by atoms with Crippen LogP contribution >= 0.6 is 0 Å². The Balaban J connectivity index is 2.51. The molecule has 1 rings (SSSR count). The number of nitrogens with one attached hydrogen (secondary N) is 1. The van der Waals surface area contributed by atoms with Crippen LogP contribution in [0.1, 0.15) is 13.3 Å². The minimum atomic E-state index is -3.04. The lowest BCUT2D eigenvalue weighted by molar-refractivity contribution is -0.143. The van der Waals surface area contributed by atoms with Crippen LogP contribution in [0, 0.1) is 0 Å². The molecule has 1 fully saturated rings. The van der Waals surface area contributed by atoms with E-state index in [4.69, 9.17) is 5.11 Å². The average molecular weight is 264 g/mol. The van der Waals surface area contributed by atoms with Crippen LogP contribution in [0.15, 0.2) is 0 Å². The first-order valence-electron chi connectivity index (χ1n) is 5.84. The average Bonchev–Trinajstić information content (AvgIpc) is 2.27. The summed E-state index contributed by atoms with van der Waals surface area (Å²) in [6.45, 7) is 3.79. The molecule has 1 aliphatic rings. The Morgan fingerprint density at radius 1 is 1.47 bits per heavy atom. The molecule has 0 amide bonds. The van der Waals surface area contributed by atoms with E-state index in [2.05, 4.69) is 5.32 Å². The number of piperazine rings is 1. The summed E-state index contributed by atoms with van der Waals surface area (Å²) in [5, 5.41) is 12.0. The van der Waals surface area contributed by atoms with E-state index < -0.39 is 21.8 Å². The van der Waals surface area contributed by atoms with Crippen LogP contribution in [-0.2, 0) is 14.6 Å². The summed E-state index contributed by atoms with van der Waals surface area (Å²) >= 11 is 0. The van der Waals surface area contributed by atoms with Crippen molar-refractivity contribution in [2.45, 2.75) is 19.4 Å². The molecule has 7 heteroatoms. The lowest BCUT2D eigenvalue weighted by Crippen LogP contribution is -2.55. The fourth-order valence-electron chi connectivity index (χ4n) is 1.93. The summed E-state index contributed by atoms with van der Waals surface area (Å²) in [6, 6.07) is -0.611. The topological polar surface area (TPSA) is 86.7 Å². The molecule has 0 aromatic heterocycles. The first-order chi connectivity index (χ1) is 7.96. The first kappa shape index (κ1) is 14.4. The lowest BCUT2D eigenvalue weighted by atomic mass is 10.2. The van der Waals surface area contributed by atoms with Crippen LogP contribution in [0.5, 0.6) is 0 Å². The number of carboxylic acids is 1. The van der Waals surface area contributed by atoms with Gasteiger partial charge in [0.05, 0.1) is 5.75 Å². The Hall–Kier alpha value is -0.660. The molecule has 1 saturated heterocycles. The molecule has 1 aliphatic heterocycles. The minimum Gasteiger partial charge on any atom is -0.480 e. The second kappa shape index (κ2) is 6.32. The zero-order chi connectivity index (χ0) is 12.9. The highest BCUT2D eigenvalue weighted by Crippen LogP contribution is 2.05. The summed E-state index contributed by atoms with van der Waals surface area (Å²) in [5.41, 5.74) is 0. The third kappa shape index (κ3) is 4.61. The van der Waals surface area contributed by atoms with Gasteiger partial charge in [0.1, 0.15) is 6.04 Å². The van der Waals surface area contributed by atoms with E-state index in [0.717, 1.165) is 0 Å². The molecule has 0 aromatic rings. The Morgan fingerprint density at radius 2 is 2.18 bits per heavy atom. The van der Waals surface area contributed by atoms with Gasteiger partial charge >= 0.3 is 5.97 Å². The number of nitrogens with zero attached hydrogens (tertiary/aromatic N) is 1. The summed E-state index contributed by atoms with van der Waals surface area (Å²) in [7, 11) is -3.04. The fourth-order valence-corrected chi connectivity index (χ4v) is 3.27. The molecule has 2 N–H and O–H groups in total. The van der Waals surface area contributed by atoms with Crippen LogP contribution in [0.4, 0.5) is 0 Å². The molecule has 100 valence electrons. The Kier molecular flexibility index (Phi) is 5.35. The van der Waals surface area contributed by atoms with Gasteiger partial charge < -0.3 is 10.4 Å². The second-order valence-corrected chi connectivity index (χ2v) is 6.55. The largest absolute Gasteiger partial charge is 0.480 e. The third-order valence-electron chi connectivity index (χ3n) is 2.84. The number of aliphatic carboxylic acids is 1. The number of rotatable bonds is 6. The predicted octanol–water partition coefficient (Wildman–Crippen LogP) is -0.830. The van der Waals surface area contributed by atoms with E-state index in [-0.39, 0.29) is 11.5 Å². The molecule has 0 aromatic carbocycles. The van der Waals surface area contributed by atoms with Gasteiger partial charge in [0, 0.05) is 31.9 Å². The molecule has 17 heavy (non-hydrogen) atoms. The highest BCUT2D eigenvalue weighted by molar-refractivity contribution is 7.91. The second-order valence-electron chi connectivity index (χ2n) is 4.25. The van der Waals surface area contributed by atoms with Crippen molar-refractivity contribution >= 4 is 15.8 Å². The standard InChI is InChI=1S/C10H20N2O4S/c1-2-6-17(15,16)7-5-12-4-3-11-8-9(12)10(13)14/h9,11H,2-8H2,1H3,(H,13,14). The molecule has 1 unspecified atom stereocenters. The quantitative estimate of drug-likeness (QED) is 0.651. The van der Waals surface area contributed by atoms with E-state index in [1.165, 1.54) is 0 Å². The summed E-state index contributed by atoms with van der Waals surface area (Å²) in [6.07, 6.45) is 0.603. The normalized spacial score (nSPS) is 22.5. The number of sulfone groups is 1. The van der Waals surface area contributed by atoms with Gasteiger partial charge in [-0.15, -0.1) is 0 Å². The first-order valence-corrected chi connectivity index (χ1v) is 7.66. The molecule has 6 nitrogen and oxygen atoms in total. The molecule has 0 bridgehead atoms. The lowest BCUT2D eigenvalue weighted by Gasteiger charge is -2.33. The minimum absolute atomic E-state index is 0.0463. The van der Waals surface area contributed by atoms with Crippen molar-refractivity contribution in [2.24, 2.45) is 0 Å². The van der Waals surface area contributed by atoms with E-state index in [1.807, 2.05) is 6.92 Å². The van der Waals surface area contributed by atoms with Crippen LogP contribution in [0.2, 0.25) is 0 Å². The number of hydrogen-bond donors (Lipinski definition) is 2. The summed E-state index contributed by atoms with van der Waals surface area (Å²) < 4.78 is 23.1. The van der Waals surface area contributed by atoms with Crippen molar-refractivity contribution < 1.29 is 18.3 Å². The van der Waals surface area contributed by atoms with Crippen molar-refractivity contribution in [3.05, 3.63) is 0 Å². The molecule has 0 spiro atoms. The smallest absolute Gasteiger partial charge is 0.322 e. The van der Waals surface area contributed by atoms with Gasteiger partial charge in [-0.05, 0) is 6.42 Å². The van der Waals surface area contributed by atoms with E-state index in [1.54, 1.807) is 4.90 Å². The van der Waals surface area contributed by atoms with Gasteiger partial charge in [-0.1, -0.05) is 6.92 Å². The number of carboxylic acid groups (broad SMARTS) is 1. The van der Waals surface area contributed by atoms with Gasteiger partial charge in [0.2, 0.25) is 0 Å². The fraction of sp³-hybridized carbons (Fsp3) is 0.900. The van der Waals surface area contributed by atoms with E-state index in [9.17, 15) is 13.2 Å². The van der Waals surface area contributed by atoms with E-state index in [0.29, 0.717) is 32.6 Å². The van der Waals surface area contributed by atoms with Crippen molar-refractivity contribution in [1.29, 1.82) is 0 Å². The maximum Gasteiger partial charge on any atom is 0.322 e. The van der Waals surface area contributed by atoms with Crippen LogP contribution in [-0.4, -0.2) is 68.1 Å². The van der Waals surface area contributed by atoms with Crippen molar-refractivity contribution in [3.8, 4) is 0 Å².